The number of nitrogens with one attached hydrogen (secondary N) is 1. The Kier molecular flexibility index (Phi) is 5.72. The number of halogens is 2. The van der Waals surface area contributed by atoms with E-state index < -0.39 is 12.3 Å². The van der Waals surface area contributed by atoms with Crippen molar-refractivity contribution in [1.82, 2.24) is 19.6 Å². The zero-order chi connectivity index (χ0) is 20.3. The highest BCUT2D eigenvalue weighted by Gasteiger charge is 2.17. The predicted octanol–water partition coefficient (Wildman–Crippen LogP) is 3.62. The summed E-state index contributed by atoms with van der Waals surface area (Å²) in [5, 5.41) is 10.7. The molecule has 9 heteroatoms. The summed E-state index contributed by atoms with van der Waals surface area (Å²) in [7, 11) is 0. The van der Waals surface area contributed by atoms with Gasteiger partial charge in [0.05, 0.1) is 23.8 Å². The second-order valence-electron chi connectivity index (χ2n) is 6.53. The Labute approximate surface area is 160 Å². The summed E-state index contributed by atoms with van der Waals surface area (Å²) >= 11 is 0. The van der Waals surface area contributed by atoms with Crippen LogP contribution in [0, 0.1) is 20.8 Å². The van der Waals surface area contributed by atoms with Crippen LogP contribution in [-0.4, -0.2) is 25.5 Å². The van der Waals surface area contributed by atoms with E-state index in [2.05, 4.69) is 15.5 Å². The van der Waals surface area contributed by atoms with Gasteiger partial charge in [-0.1, -0.05) is 17.7 Å². The molecular formula is C19H21F2N5O2. The Balaban J connectivity index is 1.57. The Morgan fingerprint density at radius 2 is 2.04 bits per heavy atom. The molecule has 1 N–H and O–H groups in total. The number of benzene rings is 1. The molecule has 28 heavy (non-hydrogen) atoms. The molecule has 0 saturated heterocycles. The molecule has 0 fully saturated rings. The second kappa shape index (κ2) is 8.20. The number of anilines is 1. The minimum Gasteiger partial charge on any atom is -0.471 e. The third-order valence-corrected chi connectivity index (χ3v) is 4.05. The summed E-state index contributed by atoms with van der Waals surface area (Å²) in [4.78, 5) is 12.1. The zero-order valence-electron chi connectivity index (χ0n) is 15.8. The highest BCUT2D eigenvalue weighted by molar-refractivity contribution is 5.90. The number of hydrogen-bond donors (Lipinski definition) is 1. The van der Waals surface area contributed by atoms with E-state index in [9.17, 15) is 13.6 Å². The van der Waals surface area contributed by atoms with Crippen molar-refractivity contribution in [2.75, 3.05) is 5.32 Å². The van der Waals surface area contributed by atoms with Gasteiger partial charge in [0, 0.05) is 0 Å². The van der Waals surface area contributed by atoms with E-state index >= 15 is 0 Å². The average molecular weight is 389 g/mol. The molecular weight excluding hydrogens is 368 g/mol. The number of rotatable bonds is 7. The SMILES string of the molecule is Cc1ccc(OCn2cc(NC(=O)Cn3nc(C)cc3C(F)F)cn2)c(C)c1. The maximum absolute atomic E-state index is 13.0. The quantitative estimate of drug-likeness (QED) is 0.670. The molecule has 0 atom stereocenters. The minimum absolute atomic E-state index is 0.174. The first-order valence-electron chi connectivity index (χ1n) is 8.66. The standard InChI is InChI=1S/C19H21F2N5O2/c1-12-4-5-17(13(2)6-12)28-11-25-9-15(8-22-25)23-18(27)10-26-16(19(20)21)7-14(3)24-26/h4-9,19H,10-11H2,1-3H3,(H,23,27). The fraction of sp³-hybridized carbons (Fsp3) is 0.316. The highest BCUT2D eigenvalue weighted by Crippen LogP contribution is 2.20. The molecule has 1 aromatic carbocycles. The first kappa shape index (κ1) is 19.5. The first-order valence-corrected chi connectivity index (χ1v) is 8.66. The third-order valence-electron chi connectivity index (χ3n) is 4.05. The van der Waals surface area contributed by atoms with Crippen molar-refractivity contribution < 1.29 is 18.3 Å². The van der Waals surface area contributed by atoms with Crippen molar-refractivity contribution in [2.45, 2.75) is 40.5 Å². The number of aromatic nitrogens is 4. The van der Waals surface area contributed by atoms with Crippen molar-refractivity contribution in [2.24, 2.45) is 0 Å². The van der Waals surface area contributed by atoms with Gasteiger partial charge in [-0.15, -0.1) is 0 Å². The largest absolute Gasteiger partial charge is 0.471 e. The number of aryl methyl sites for hydroxylation is 3. The summed E-state index contributed by atoms with van der Waals surface area (Å²) in [5.41, 5.74) is 2.75. The van der Waals surface area contributed by atoms with E-state index in [1.54, 1.807) is 13.1 Å². The third kappa shape index (κ3) is 4.73. The van der Waals surface area contributed by atoms with E-state index in [1.165, 1.54) is 16.9 Å². The topological polar surface area (TPSA) is 74.0 Å². The van der Waals surface area contributed by atoms with Gasteiger partial charge in [0.2, 0.25) is 5.91 Å². The van der Waals surface area contributed by atoms with Crippen LogP contribution in [0.15, 0.2) is 36.7 Å². The number of carbonyl (C=O) groups is 1. The Morgan fingerprint density at radius 3 is 2.75 bits per heavy atom. The fourth-order valence-electron chi connectivity index (χ4n) is 2.80. The normalized spacial score (nSPS) is 11.1. The molecule has 0 unspecified atom stereocenters. The van der Waals surface area contributed by atoms with Crippen LogP contribution in [0.25, 0.3) is 0 Å². The van der Waals surface area contributed by atoms with Gasteiger partial charge in [-0.25, -0.2) is 13.5 Å². The maximum Gasteiger partial charge on any atom is 0.280 e. The lowest BCUT2D eigenvalue weighted by atomic mass is 10.1. The molecule has 0 radical (unpaired) electrons. The van der Waals surface area contributed by atoms with Crippen molar-refractivity contribution in [3.63, 3.8) is 0 Å². The molecule has 0 aliphatic carbocycles. The van der Waals surface area contributed by atoms with Crippen molar-refractivity contribution in [1.29, 1.82) is 0 Å². The van der Waals surface area contributed by atoms with Crippen LogP contribution in [-0.2, 0) is 18.1 Å². The fourth-order valence-corrected chi connectivity index (χ4v) is 2.80. The molecule has 2 heterocycles. The second-order valence-corrected chi connectivity index (χ2v) is 6.53. The highest BCUT2D eigenvalue weighted by atomic mass is 19.3. The molecule has 0 spiro atoms. The zero-order valence-corrected chi connectivity index (χ0v) is 15.8. The predicted molar refractivity (Wildman–Crippen MR) is 99.3 cm³/mol. The van der Waals surface area contributed by atoms with Crippen LogP contribution in [0.4, 0.5) is 14.5 Å². The van der Waals surface area contributed by atoms with Gasteiger partial charge in [0.1, 0.15) is 18.0 Å². The molecule has 7 nitrogen and oxygen atoms in total. The summed E-state index contributed by atoms with van der Waals surface area (Å²) in [6, 6.07) is 7.14. The lowest BCUT2D eigenvalue weighted by Crippen LogP contribution is -2.21. The Morgan fingerprint density at radius 1 is 1.25 bits per heavy atom. The molecule has 1 amide bonds. The average Bonchev–Trinajstić information content (AvgIpc) is 3.20. The van der Waals surface area contributed by atoms with E-state index in [1.807, 2.05) is 32.0 Å². The number of carbonyl (C=O) groups excluding carboxylic acids is 1. The van der Waals surface area contributed by atoms with Gasteiger partial charge in [0.15, 0.2) is 6.73 Å². The molecule has 148 valence electrons. The molecule has 3 aromatic rings. The van der Waals surface area contributed by atoms with Crippen molar-refractivity contribution in [3.05, 3.63) is 59.2 Å². The Bertz CT molecular complexity index is 981. The van der Waals surface area contributed by atoms with Crippen LogP contribution >= 0.6 is 0 Å². The number of hydrogen-bond acceptors (Lipinski definition) is 4. The van der Waals surface area contributed by atoms with Gasteiger partial charge >= 0.3 is 0 Å². The number of alkyl halides is 2. The summed E-state index contributed by atoms with van der Waals surface area (Å²) in [6.07, 6.45) is 0.370. The van der Waals surface area contributed by atoms with E-state index in [-0.39, 0.29) is 19.0 Å². The summed E-state index contributed by atoms with van der Waals surface area (Å²) in [6.45, 7) is 5.43. The van der Waals surface area contributed by atoms with E-state index in [0.29, 0.717) is 11.4 Å². The van der Waals surface area contributed by atoms with Crippen LogP contribution < -0.4 is 10.1 Å². The molecule has 3 rings (SSSR count). The van der Waals surface area contributed by atoms with Gasteiger partial charge in [-0.05, 0) is 38.5 Å². The van der Waals surface area contributed by atoms with Crippen molar-refractivity contribution >= 4 is 11.6 Å². The number of nitrogens with zero attached hydrogens (tertiary/aromatic N) is 4. The summed E-state index contributed by atoms with van der Waals surface area (Å²) in [5.74, 6) is 0.278. The monoisotopic (exact) mass is 389 g/mol. The first-order chi connectivity index (χ1) is 13.3. The smallest absolute Gasteiger partial charge is 0.280 e. The Hall–Kier alpha value is -3.23. The number of amides is 1. The maximum atomic E-state index is 13.0. The van der Waals surface area contributed by atoms with Gasteiger partial charge in [-0.3, -0.25) is 9.48 Å². The minimum atomic E-state index is -2.70. The van der Waals surface area contributed by atoms with Gasteiger partial charge < -0.3 is 10.1 Å². The van der Waals surface area contributed by atoms with Crippen LogP contribution in [0.3, 0.4) is 0 Å². The lowest BCUT2D eigenvalue weighted by Gasteiger charge is -2.09. The molecule has 0 aliphatic heterocycles. The number of ether oxygens (including phenoxy) is 1. The van der Waals surface area contributed by atoms with Gasteiger partial charge in [-0.2, -0.15) is 10.2 Å². The molecule has 0 aliphatic rings. The lowest BCUT2D eigenvalue weighted by molar-refractivity contribution is -0.117. The van der Waals surface area contributed by atoms with Crippen LogP contribution in [0.1, 0.15) is 28.9 Å². The van der Waals surface area contributed by atoms with Crippen LogP contribution in [0.2, 0.25) is 0 Å². The van der Waals surface area contributed by atoms with Crippen molar-refractivity contribution in [3.8, 4) is 5.75 Å². The molecule has 0 bridgehead atoms. The summed E-state index contributed by atoms with van der Waals surface area (Å²) < 4.78 is 34.2. The molecule has 0 saturated carbocycles. The molecule has 2 aromatic heterocycles. The van der Waals surface area contributed by atoms with E-state index in [0.717, 1.165) is 21.6 Å². The van der Waals surface area contributed by atoms with E-state index in [4.69, 9.17) is 4.74 Å². The van der Waals surface area contributed by atoms with Crippen LogP contribution in [0.5, 0.6) is 5.75 Å². The van der Waals surface area contributed by atoms with Gasteiger partial charge in [0.25, 0.3) is 6.43 Å².